The van der Waals surface area contributed by atoms with Crippen LogP contribution in [-0.4, -0.2) is 12.6 Å². The summed E-state index contributed by atoms with van der Waals surface area (Å²) in [5.41, 5.74) is 1.30. The van der Waals surface area contributed by atoms with Crippen LogP contribution in [0, 0.1) is 0 Å². The summed E-state index contributed by atoms with van der Waals surface area (Å²) in [7, 11) is 0. The molecule has 0 aliphatic carbocycles. The number of hydrogen-bond acceptors (Lipinski definition) is 2. The fraction of sp³-hybridized carbons (Fsp3) is 0.727. The van der Waals surface area contributed by atoms with Gasteiger partial charge in [-0.1, -0.05) is 25.5 Å². The largest absolute Gasteiger partial charge is 0.465 e. The molecule has 0 atom stereocenters. The Kier molecular flexibility index (Phi) is 7.36. The first-order chi connectivity index (χ1) is 6.20. The molecule has 13 heavy (non-hydrogen) atoms. The average molecular weight is 184 g/mol. The fourth-order valence-electron chi connectivity index (χ4n) is 1.05. The van der Waals surface area contributed by atoms with E-state index in [1.807, 2.05) is 6.92 Å². The molecule has 0 heterocycles. The number of carbonyl (C=O) groups is 1. The molecule has 0 saturated heterocycles. The van der Waals surface area contributed by atoms with E-state index >= 15 is 0 Å². The van der Waals surface area contributed by atoms with Gasteiger partial charge in [0.05, 0.1) is 6.61 Å². The molecule has 2 heteroatoms. The van der Waals surface area contributed by atoms with E-state index in [2.05, 4.69) is 19.9 Å². The molecule has 0 bridgehead atoms. The zero-order chi connectivity index (χ0) is 10.1. The van der Waals surface area contributed by atoms with Gasteiger partial charge in [-0.05, 0) is 19.8 Å². The van der Waals surface area contributed by atoms with Gasteiger partial charge in [0.15, 0.2) is 0 Å². The molecular formula is C11H20O2. The van der Waals surface area contributed by atoms with E-state index in [4.69, 9.17) is 4.74 Å². The molecule has 2 nitrogen and oxygen atoms in total. The SMILES string of the molecule is CC/C=C(/C)CCOC(=O)CCC. The molecule has 0 aromatic carbocycles. The van der Waals surface area contributed by atoms with E-state index in [1.54, 1.807) is 0 Å². The second kappa shape index (κ2) is 7.84. The number of rotatable bonds is 6. The van der Waals surface area contributed by atoms with Crippen LogP contribution in [-0.2, 0) is 9.53 Å². The summed E-state index contributed by atoms with van der Waals surface area (Å²) in [5, 5.41) is 0. The van der Waals surface area contributed by atoms with E-state index in [9.17, 15) is 4.79 Å². The second-order valence-electron chi connectivity index (χ2n) is 3.18. The molecule has 0 N–H and O–H groups in total. The maximum absolute atomic E-state index is 10.9. The molecule has 0 amide bonds. The monoisotopic (exact) mass is 184 g/mol. The highest BCUT2D eigenvalue weighted by Gasteiger charge is 1.99. The summed E-state index contributed by atoms with van der Waals surface area (Å²) in [6.07, 6.45) is 5.48. The van der Waals surface area contributed by atoms with E-state index in [1.165, 1.54) is 5.57 Å². The Bertz CT molecular complexity index is 171. The third-order valence-corrected chi connectivity index (χ3v) is 1.77. The van der Waals surface area contributed by atoms with Crippen molar-refractivity contribution in [2.24, 2.45) is 0 Å². The zero-order valence-corrected chi connectivity index (χ0v) is 8.93. The highest BCUT2D eigenvalue weighted by molar-refractivity contribution is 5.69. The topological polar surface area (TPSA) is 26.3 Å². The third kappa shape index (κ3) is 7.57. The molecule has 76 valence electrons. The van der Waals surface area contributed by atoms with Crippen LogP contribution in [0.4, 0.5) is 0 Å². The van der Waals surface area contributed by atoms with Crippen LogP contribution in [0.3, 0.4) is 0 Å². The molecule has 0 saturated carbocycles. The Morgan fingerprint density at radius 2 is 2.00 bits per heavy atom. The number of esters is 1. The molecular weight excluding hydrogens is 164 g/mol. The number of allylic oxidation sites excluding steroid dienone is 1. The van der Waals surface area contributed by atoms with Crippen molar-refractivity contribution in [3.8, 4) is 0 Å². The van der Waals surface area contributed by atoms with Crippen molar-refractivity contribution in [1.29, 1.82) is 0 Å². The van der Waals surface area contributed by atoms with E-state index in [0.717, 1.165) is 19.3 Å². The van der Waals surface area contributed by atoms with Crippen LogP contribution >= 0.6 is 0 Å². The number of carbonyl (C=O) groups excluding carboxylic acids is 1. The average Bonchev–Trinajstić information content (AvgIpc) is 2.05. The van der Waals surface area contributed by atoms with Gasteiger partial charge >= 0.3 is 5.97 Å². The van der Waals surface area contributed by atoms with Gasteiger partial charge in [-0.2, -0.15) is 0 Å². The van der Waals surface area contributed by atoms with Crippen molar-refractivity contribution in [3.63, 3.8) is 0 Å². The zero-order valence-electron chi connectivity index (χ0n) is 8.93. The van der Waals surface area contributed by atoms with Gasteiger partial charge in [0.2, 0.25) is 0 Å². The summed E-state index contributed by atoms with van der Waals surface area (Å²) < 4.78 is 5.02. The van der Waals surface area contributed by atoms with Crippen LogP contribution in [0.1, 0.15) is 46.5 Å². The maximum atomic E-state index is 10.9. The van der Waals surface area contributed by atoms with Gasteiger partial charge < -0.3 is 4.74 Å². The molecule has 0 aliphatic rings. The lowest BCUT2D eigenvalue weighted by molar-refractivity contribution is -0.143. The van der Waals surface area contributed by atoms with Crippen LogP contribution in [0.15, 0.2) is 11.6 Å². The predicted molar refractivity (Wildman–Crippen MR) is 54.5 cm³/mol. The van der Waals surface area contributed by atoms with Gasteiger partial charge in [0.1, 0.15) is 0 Å². The quantitative estimate of drug-likeness (QED) is 0.468. The molecule has 0 rings (SSSR count). The van der Waals surface area contributed by atoms with Gasteiger partial charge in [-0.3, -0.25) is 4.79 Å². The molecule has 0 aliphatic heterocycles. The molecule has 0 aromatic rings. The third-order valence-electron chi connectivity index (χ3n) is 1.77. The van der Waals surface area contributed by atoms with E-state index < -0.39 is 0 Å². The van der Waals surface area contributed by atoms with Crippen molar-refractivity contribution in [1.82, 2.24) is 0 Å². The highest BCUT2D eigenvalue weighted by Crippen LogP contribution is 2.02. The molecule has 0 aromatic heterocycles. The summed E-state index contributed by atoms with van der Waals surface area (Å²) >= 11 is 0. The summed E-state index contributed by atoms with van der Waals surface area (Å²) in [6, 6.07) is 0. The molecule has 0 fully saturated rings. The first-order valence-corrected chi connectivity index (χ1v) is 5.02. The fourth-order valence-corrected chi connectivity index (χ4v) is 1.05. The smallest absolute Gasteiger partial charge is 0.305 e. The Hall–Kier alpha value is -0.790. The minimum absolute atomic E-state index is 0.0770. The van der Waals surface area contributed by atoms with Gasteiger partial charge in [-0.25, -0.2) is 0 Å². The Balaban J connectivity index is 3.44. The Morgan fingerprint density at radius 3 is 2.54 bits per heavy atom. The Labute approximate surface area is 81.0 Å². The van der Waals surface area contributed by atoms with Crippen molar-refractivity contribution in [2.75, 3.05) is 6.61 Å². The maximum Gasteiger partial charge on any atom is 0.305 e. The van der Waals surface area contributed by atoms with Crippen LogP contribution in [0.5, 0.6) is 0 Å². The van der Waals surface area contributed by atoms with Crippen LogP contribution in [0.25, 0.3) is 0 Å². The number of hydrogen-bond donors (Lipinski definition) is 0. The Morgan fingerprint density at radius 1 is 1.31 bits per heavy atom. The normalized spacial score (nSPS) is 11.5. The highest BCUT2D eigenvalue weighted by atomic mass is 16.5. The summed E-state index contributed by atoms with van der Waals surface area (Å²) in [4.78, 5) is 10.9. The van der Waals surface area contributed by atoms with Gasteiger partial charge in [-0.15, -0.1) is 0 Å². The van der Waals surface area contributed by atoms with Crippen LogP contribution < -0.4 is 0 Å². The number of ether oxygens (including phenoxy) is 1. The van der Waals surface area contributed by atoms with Crippen molar-refractivity contribution >= 4 is 5.97 Å². The van der Waals surface area contributed by atoms with Crippen molar-refractivity contribution in [3.05, 3.63) is 11.6 Å². The van der Waals surface area contributed by atoms with Crippen LogP contribution in [0.2, 0.25) is 0 Å². The van der Waals surface area contributed by atoms with Crippen molar-refractivity contribution in [2.45, 2.75) is 46.5 Å². The lowest BCUT2D eigenvalue weighted by Gasteiger charge is -2.03. The predicted octanol–water partition coefficient (Wildman–Crippen LogP) is 3.08. The first-order valence-electron chi connectivity index (χ1n) is 5.02. The van der Waals surface area contributed by atoms with E-state index in [0.29, 0.717) is 13.0 Å². The van der Waals surface area contributed by atoms with Crippen molar-refractivity contribution < 1.29 is 9.53 Å². The lowest BCUT2D eigenvalue weighted by atomic mass is 10.2. The molecule has 0 radical (unpaired) electrons. The minimum Gasteiger partial charge on any atom is -0.465 e. The van der Waals surface area contributed by atoms with Gasteiger partial charge in [0, 0.05) is 12.8 Å². The van der Waals surface area contributed by atoms with Gasteiger partial charge in [0.25, 0.3) is 0 Å². The standard InChI is InChI=1S/C11H20O2/c1-4-6-10(3)8-9-13-11(12)7-5-2/h6H,4-5,7-9H2,1-3H3/b10-6-. The second-order valence-corrected chi connectivity index (χ2v) is 3.18. The lowest BCUT2D eigenvalue weighted by Crippen LogP contribution is -2.05. The van der Waals surface area contributed by atoms with E-state index in [-0.39, 0.29) is 5.97 Å². The minimum atomic E-state index is -0.0770. The summed E-state index contributed by atoms with van der Waals surface area (Å²) in [5.74, 6) is -0.0770. The molecule has 0 unspecified atom stereocenters. The first kappa shape index (κ1) is 12.2. The molecule has 0 spiro atoms. The summed E-state index contributed by atoms with van der Waals surface area (Å²) in [6.45, 7) is 6.68.